The Labute approximate surface area is 183 Å². The van der Waals surface area contributed by atoms with Gasteiger partial charge in [0, 0.05) is 43.9 Å². The Morgan fingerprint density at radius 3 is 1.90 bits per heavy atom. The SMILES string of the molecule is [2H]C1([2H])C([2H])([2H])C([2H])([2H])[N+]2(C3CCC2CC(OC(=O)C(O)(c2ccccc2)c2ccccc2)C3)C1([2H])[2H]. The lowest BCUT2D eigenvalue weighted by atomic mass is 9.86. The van der Waals surface area contributed by atoms with E-state index in [1.807, 2.05) is 0 Å². The molecular formula is C25H30NO3+. The number of nitrogens with zero attached hydrogens (tertiary/aromatic N) is 1. The fourth-order valence-electron chi connectivity index (χ4n) is 5.09. The number of quaternary nitrogens is 1. The fraction of sp³-hybridized carbons (Fsp3) is 0.480. The van der Waals surface area contributed by atoms with Crippen LogP contribution in [0.25, 0.3) is 0 Å². The van der Waals surface area contributed by atoms with Crippen LogP contribution in [0.15, 0.2) is 60.7 Å². The normalized spacial score (nSPS) is 38.9. The first-order valence-corrected chi connectivity index (χ1v) is 10.1. The summed E-state index contributed by atoms with van der Waals surface area (Å²) in [5.41, 5.74) is -1.46. The van der Waals surface area contributed by atoms with E-state index in [1.165, 1.54) is 0 Å². The van der Waals surface area contributed by atoms with Gasteiger partial charge in [0.05, 0.1) is 30.6 Å². The summed E-state index contributed by atoms with van der Waals surface area (Å²) in [6, 6.07) is 15.2. The molecule has 29 heavy (non-hydrogen) atoms. The highest BCUT2D eigenvalue weighted by Crippen LogP contribution is 2.46. The second-order valence-electron chi connectivity index (χ2n) is 8.08. The minimum Gasteiger partial charge on any atom is -0.459 e. The molecule has 3 aliphatic heterocycles. The number of aliphatic hydroxyl groups is 1. The topological polar surface area (TPSA) is 46.5 Å². The van der Waals surface area contributed by atoms with Gasteiger partial charge in [0.15, 0.2) is 0 Å². The third kappa shape index (κ3) is 3.01. The van der Waals surface area contributed by atoms with Gasteiger partial charge in [0.1, 0.15) is 6.10 Å². The van der Waals surface area contributed by atoms with Crippen LogP contribution in [-0.2, 0) is 15.1 Å². The third-order valence-electron chi connectivity index (χ3n) is 6.55. The third-order valence-corrected chi connectivity index (χ3v) is 6.55. The zero-order valence-corrected chi connectivity index (χ0v) is 16.0. The molecule has 2 atom stereocenters. The summed E-state index contributed by atoms with van der Waals surface area (Å²) in [7, 11) is 0. The maximum absolute atomic E-state index is 13.6. The molecule has 2 bridgehead atoms. The number of ether oxygens (including phenoxy) is 1. The van der Waals surface area contributed by atoms with Crippen LogP contribution in [0.1, 0.15) is 60.5 Å². The predicted molar refractivity (Wildman–Crippen MR) is 111 cm³/mol. The number of hydrogen-bond acceptors (Lipinski definition) is 3. The molecule has 4 heteroatoms. The van der Waals surface area contributed by atoms with E-state index in [-0.39, 0.29) is 12.8 Å². The minimum atomic E-state index is -3.07. The summed E-state index contributed by atoms with van der Waals surface area (Å²) in [5.74, 6) is -0.902. The average Bonchev–Trinajstić information content (AvgIpc) is 3.13. The van der Waals surface area contributed by atoms with Crippen LogP contribution in [0, 0.1) is 0 Å². The highest BCUT2D eigenvalue weighted by Gasteiger charge is 2.56. The van der Waals surface area contributed by atoms with Crippen LogP contribution < -0.4 is 0 Å². The fourth-order valence-corrected chi connectivity index (χ4v) is 5.09. The molecule has 0 amide bonds. The zero-order chi connectivity index (χ0) is 27.1. The summed E-state index contributed by atoms with van der Waals surface area (Å²) in [6.07, 6.45) is -6.14. The smallest absolute Gasteiger partial charge is 0.347 e. The van der Waals surface area contributed by atoms with Crippen molar-refractivity contribution >= 4 is 5.97 Å². The first-order chi connectivity index (χ1) is 17.2. The van der Waals surface area contributed by atoms with E-state index in [9.17, 15) is 9.90 Å². The molecule has 1 spiro atoms. The molecule has 3 aliphatic rings. The van der Waals surface area contributed by atoms with Crippen molar-refractivity contribution in [3.8, 4) is 0 Å². The van der Waals surface area contributed by atoms with Gasteiger partial charge in [0.2, 0.25) is 5.60 Å². The van der Waals surface area contributed by atoms with Gasteiger partial charge in [-0.1, -0.05) is 60.7 Å². The Morgan fingerprint density at radius 1 is 0.931 bits per heavy atom. The molecule has 152 valence electrons. The molecule has 2 aromatic rings. The number of esters is 1. The van der Waals surface area contributed by atoms with Crippen LogP contribution in [-0.4, -0.2) is 46.7 Å². The molecule has 1 N–H and O–H groups in total. The van der Waals surface area contributed by atoms with Gasteiger partial charge < -0.3 is 14.3 Å². The van der Waals surface area contributed by atoms with E-state index in [4.69, 9.17) is 15.7 Å². The number of benzene rings is 2. The molecule has 4 nitrogen and oxygen atoms in total. The minimum absolute atomic E-state index is 0.0348. The summed E-state index contributed by atoms with van der Waals surface area (Å²) >= 11 is 0. The van der Waals surface area contributed by atoms with Crippen LogP contribution in [0.2, 0.25) is 0 Å². The molecule has 2 unspecified atom stereocenters. The molecule has 0 radical (unpaired) electrons. The number of piperidine rings is 1. The molecule has 3 heterocycles. The molecule has 2 aromatic carbocycles. The predicted octanol–water partition coefficient (Wildman–Crippen LogP) is 3.77. The second-order valence-corrected chi connectivity index (χ2v) is 8.08. The number of hydrogen-bond donors (Lipinski definition) is 1. The first-order valence-electron chi connectivity index (χ1n) is 14.1. The maximum Gasteiger partial charge on any atom is 0.347 e. The van der Waals surface area contributed by atoms with Crippen molar-refractivity contribution in [2.24, 2.45) is 0 Å². The lowest BCUT2D eigenvalue weighted by Crippen LogP contribution is -2.60. The Kier molecular flexibility index (Phi) is 2.97. The lowest BCUT2D eigenvalue weighted by Gasteiger charge is -2.47. The van der Waals surface area contributed by atoms with Crippen molar-refractivity contribution in [2.45, 2.75) is 62.2 Å². The summed E-state index contributed by atoms with van der Waals surface area (Å²) in [6.45, 7) is -5.68. The van der Waals surface area contributed by atoms with Gasteiger partial charge in [-0.15, -0.1) is 0 Å². The van der Waals surface area contributed by atoms with Gasteiger partial charge in [-0.25, -0.2) is 4.79 Å². The van der Waals surface area contributed by atoms with E-state index < -0.39 is 60.0 Å². The van der Waals surface area contributed by atoms with Gasteiger partial charge >= 0.3 is 5.97 Å². The van der Waals surface area contributed by atoms with Crippen LogP contribution in [0.5, 0.6) is 0 Å². The summed E-state index contributed by atoms with van der Waals surface area (Å²) in [4.78, 5) is 13.6. The first kappa shape index (κ1) is 11.9. The molecule has 0 aromatic heterocycles. The van der Waals surface area contributed by atoms with Gasteiger partial charge in [-0.05, 0) is 11.1 Å². The lowest BCUT2D eigenvalue weighted by molar-refractivity contribution is -0.956. The van der Waals surface area contributed by atoms with Crippen molar-refractivity contribution in [3.63, 3.8) is 0 Å². The van der Waals surface area contributed by atoms with Crippen molar-refractivity contribution in [1.82, 2.24) is 0 Å². The second kappa shape index (κ2) is 7.26. The van der Waals surface area contributed by atoms with E-state index in [0.717, 1.165) is 0 Å². The highest BCUT2D eigenvalue weighted by molar-refractivity contribution is 5.85. The molecule has 3 fully saturated rings. The quantitative estimate of drug-likeness (QED) is 0.628. The van der Waals surface area contributed by atoms with E-state index in [0.29, 0.717) is 24.0 Å². The van der Waals surface area contributed by atoms with Crippen molar-refractivity contribution in [2.75, 3.05) is 13.0 Å². The Morgan fingerprint density at radius 2 is 1.41 bits per heavy atom. The Bertz CT molecular complexity index is 1110. The van der Waals surface area contributed by atoms with E-state index >= 15 is 0 Å². The van der Waals surface area contributed by atoms with Crippen molar-refractivity contribution < 1.29 is 30.1 Å². The molecule has 0 aliphatic carbocycles. The van der Waals surface area contributed by atoms with Crippen LogP contribution in [0.4, 0.5) is 0 Å². The molecule has 5 rings (SSSR count). The van der Waals surface area contributed by atoms with Crippen LogP contribution >= 0.6 is 0 Å². The molecular weight excluding hydrogens is 362 g/mol. The van der Waals surface area contributed by atoms with Gasteiger partial charge in [0.25, 0.3) is 0 Å². The number of rotatable bonds is 4. The van der Waals surface area contributed by atoms with Crippen molar-refractivity contribution in [1.29, 1.82) is 0 Å². The Balaban J connectivity index is 1.48. The van der Waals surface area contributed by atoms with E-state index in [2.05, 4.69) is 0 Å². The highest BCUT2D eigenvalue weighted by atomic mass is 16.6. The Hall–Kier alpha value is -2.17. The molecule has 0 saturated carbocycles. The molecule has 3 saturated heterocycles. The van der Waals surface area contributed by atoms with E-state index in [1.54, 1.807) is 60.7 Å². The monoisotopic (exact) mass is 400 g/mol. The van der Waals surface area contributed by atoms with Gasteiger partial charge in [-0.2, -0.15) is 0 Å². The number of carbonyl (C=O) groups excluding carboxylic acids is 1. The zero-order valence-electron chi connectivity index (χ0n) is 24.0. The average molecular weight is 401 g/mol. The maximum atomic E-state index is 13.6. The van der Waals surface area contributed by atoms with Crippen molar-refractivity contribution in [3.05, 3.63) is 71.8 Å². The standard InChI is InChI=1S/C25H30NO3/c27-24(25(28,19-9-3-1-4-10-19)20-11-5-2-6-12-20)29-23-17-21-13-14-22(18-23)26(21)15-7-8-16-26/h1-6,9-12,21-23,28H,7-8,13-18H2/q+1/i7D2,8D2,15D2,16D2. The van der Waals surface area contributed by atoms with Crippen LogP contribution in [0.3, 0.4) is 0 Å². The number of carbonyl (C=O) groups is 1. The van der Waals surface area contributed by atoms with Gasteiger partial charge in [-0.3, -0.25) is 0 Å². The largest absolute Gasteiger partial charge is 0.459 e. The summed E-state index contributed by atoms with van der Waals surface area (Å²) in [5, 5.41) is 11.7. The summed E-state index contributed by atoms with van der Waals surface area (Å²) < 4.78 is 72.9.